The summed E-state index contributed by atoms with van der Waals surface area (Å²) >= 11 is 7.27. The van der Waals surface area contributed by atoms with Crippen LogP contribution in [0, 0.1) is 0 Å². The highest BCUT2D eigenvalue weighted by atomic mass is 35.5. The zero-order valence-electron chi connectivity index (χ0n) is 16.9. The lowest BCUT2D eigenvalue weighted by Crippen LogP contribution is -2.10. The summed E-state index contributed by atoms with van der Waals surface area (Å²) < 4.78 is 1.99. The topological polar surface area (TPSA) is 47.8 Å². The van der Waals surface area contributed by atoms with Crippen molar-refractivity contribution >= 4 is 29.1 Å². The summed E-state index contributed by atoms with van der Waals surface area (Å²) in [7, 11) is 0. The van der Waals surface area contributed by atoms with E-state index in [0.29, 0.717) is 22.3 Å². The van der Waals surface area contributed by atoms with Crippen molar-refractivity contribution in [3.8, 4) is 11.4 Å². The molecule has 0 saturated carbocycles. The first-order chi connectivity index (χ1) is 13.8. The molecule has 0 spiro atoms. The van der Waals surface area contributed by atoms with Crippen molar-refractivity contribution in [1.82, 2.24) is 14.8 Å². The Labute approximate surface area is 181 Å². The second kappa shape index (κ2) is 8.97. The molecule has 0 fully saturated rings. The van der Waals surface area contributed by atoms with Gasteiger partial charge in [-0.3, -0.25) is 9.36 Å². The van der Waals surface area contributed by atoms with Gasteiger partial charge in [0.25, 0.3) is 0 Å². The third-order valence-electron chi connectivity index (χ3n) is 4.54. The van der Waals surface area contributed by atoms with Crippen LogP contribution in [0.15, 0.2) is 66.3 Å². The van der Waals surface area contributed by atoms with Crippen molar-refractivity contribution in [1.29, 1.82) is 0 Å². The van der Waals surface area contributed by atoms with Gasteiger partial charge in [-0.15, -0.1) is 16.8 Å². The number of Topliss-reactive ketones (excluding diaryl/α,β-unsaturated/α-hetero) is 1. The molecule has 0 aliphatic carbocycles. The Morgan fingerprint density at radius 2 is 1.76 bits per heavy atom. The van der Waals surface area contributed by atoms with E-state index in [1.165, 1.54) is 17.3 Å². The molecular formula is C23H24ClN3OS. The third kappa shape index (κ3) is 5.17. The van der Waals surface area contributed by atoms with Crippen LogP contribution < -0.4 is 0 Å². The van der Waals surface area contributed by atoms with Crippen LogP contribution in [0.3, 0.4) is 0 Å². The molecule has 0 amide bonds. The molecule has 0 saturated heterocycles. The van der Waals surface area contributed by atoms with Gasteiger partial charge in [-0.05, 0) is 35.2 Å². The number of carbonyl (C=O) groups excluding carboxylic acids is 1. The number of halogens is 1. The summed E-state index contributed by atoms with van der Waals surface area (Å²) in [5, 5.41) is 10.0. The van der Waals surface area contributed by atoms with Crippen LogP contribution in [0.2, 0.25) is 5.02 Å². The summed E-state index contributed by atoms with van der Waals surface area (Å²) in [5.41, 5.74) is 2.98. The molecule has 0 aliphatic heterocycles. The maximum Gasteiger partial charge on any atom is 0.192 e. The zero-order valence-corrected chi connectivity index (χ0v) is 18.4. The molecule has 0 unspecified atom stereocenters. The van der Waals surface area contributed by atoms with Crippen LogP contribution in [0.25, 0.3) is 11.4 Å². The fourth-order valence-electron chi connectivity index (χ4n) is 2.87. The van der Waals surface area contributed by atoms with Gasteiger partial charge in [0.1, 0.15) is 0 Å². The van der Waals surface area contributed by atoms with E-state index in [1.807, 2.05) is 10.6 Å². The Kier molecular flexibility index (Phi) is 6.60. The lowest BCUT2D eigenvalue weighted by Gasteiger charge is -2.19. The van der Waals surface area contributed by atoms with Gasteiger partial charge in [0.05, 0.1) is 5.75 Å². The first-order valence-corrected chi connectivity index (χ1v) is 10.7. The number of allylic oxidation sites excluding steroid dienone is 1. The van der Waals surface area contributed by atoms with Crippen LogP contribution >= 0.6 is 23.4 Å². The van der Waals surface area contributed by atoms with Gasteiger partial charge in [0, 0.05) is 22.7 Å². The second-order valence-electron chi connectivity index (χ2n) is 7.75. The molecule has 2 aromatic carbocycles. The molecule has 6 heteroatoms. The van der Waals surface area contributed by atoms with Crippen LogP contribution in [0.4, 0.5) is 0 Å². The lowest BCUT2D eigenvalue weighted by atomic mass is 9.87. The van der Waals surface area contributed by atoms with Crippen molar-refractivity contribution in [3.05, 3.63) is 77.3 Å². The first kappa shape index (κ1) is 21.3. The molecule has 0 aliphatic rings. The van der Waals surface area contributed by atoms with Crippen molar-refractivity contribution in [2.45, 2.75) is 37.9 Å². The standard InChI is InChI=1S/C23H24ClN3OS/c1-5-14-27-21(17-6-10-18(11-7-17)23(2,3)4)25-26-22(27)29-15-20(28)16-8-12-19(24)13-9-16/h5-13H,1,14-15H2,2-4H3. The minimum absolute atomic E-state index is 0.0240. The van der Waals surface area contributed by atoms with E-state index < -0.39 is 0 Å². The SMILES string of the molecule is C=CCn1c(SCC(=O)c2ccc(Cl)cc2)nnc1-c1ccc(C(C)(C)C)cc1. The smallest absolute Gasteiger partial charge is 0.192 e. The molecule has 0 N–H and O–H groups in total. The number of nitrogens with zero attached hydrogens (tertiary/aromatic N) is 3. The number of hydrogen-bond donors (Lipinski definition) is 0. The third-order valence-corrected chi connectivity index (χ3v) is 5.75. The molecule has 1 aromatic heterocycles. The van der Waals surface area contributed by atoms with E-state index in [-0.39, 0.29) is 17.0 Å². The molecule has 29 heavy (non-hydrogen) atoms. The summed E-state index contributed by atoms with van der Waals surface area (Å²) in [6, 6.07) is 15.3. The summed E-state index contributed by atoms with van der Waals surface area (Å²) in [6.07, 6.45) is 1.81. The molecule has 0 radical (unpaired) electrons. The monoisotopic (exact) mass is 425 g/mol. The highest BCUT2D eigenvalue weighted by molar-refractivity contribution is 7.99. The van der Waals surface area contributed by atoms with E-state index in [1.54, 1.807) is 24.3 Å². The predicted octanol–water partition coefficient (Wildman–Crippen LogP) is 6.06. The summed E-state index contributed by atoms with van der Waals surface area (Å²) in [4.78, 5) is 12.5. The van der Waals surface area contributed by atoms with Crippen molar-refractivity contribution in [2.24, 2.45) is 0 Å². The molecule has 4 nitrogen and oxygen atoms in total. The Hall–Kier alpha value is -2.37. The van der Waals surface area contributed by atoms with Gasteiger partial charge in [-0.1, -0.05) is 74.5 Å². The number of carbonyl (C=O) groups is 1. The first-order valence-electron chi connectivity index (χ1n) is 9.36. The molecule has 3 rings (SSSR count). The number of ketones is 1. The molecule has 3 aromatic rings. The predicted molar refractivity (Wildman–Crippen MR) is 121 cm³/mol. The van der Waals surface area contributed by atoms with Crippen LogP contribution in [0.5, 0.6) is 0 Å². The van der Waals surface area contributed by atoms with Gasteiger partial charge in [-0.25, -0.2) is 0 Å². The van der Waals surface area contributed by atoms with E-state index in [4.69, 9.17) is 11.6 Å². The molecule has 0 bridgehead atoms. The molecule has 1 heterocycles. The average molecular weight is 426 g/mol. The van der Waals surface area contributed by atoms with Crippen LogP contribution in [0.1, 0.15) is 36.7 Å². The summed E-state index contributed by atoms with van der Waals surface area (Å²) in [5.74, 6) is 1.07. The molecule has 150 valence electrons. The van der Waals surface area contributed by atoms with E-state index >= 15 is 0 Å². The largest absolute Gasteiger partial charge is 0.298 e. The van der Waals surface area contributed by atoms with E-state index in [2.05, 4.69) is 61.8 Å². The normalized spacial score (nSPS) is 11.4. The van der Waals surface area contributed by atoms with Gasteiger partial charge < -0.3 is 0 Å². The Bertz CT molecular complexity index is 1000. The fourth-order valence-corrected chi connectivity index (χ4v) is 3.84. The van der Waals surface area contributed by atoms with Crippen molar-refractivity contribution < 1.29 is 4.79 Å². The van der Waals surface area contributed by atoms with Crippen LogP contribution in [-0.2, 0) is 12.0 Å². The average Bonchev–Trinajstić information content (AvgIpc) is 3.09. The fraction of sp³-hybridized carbons (Fsp3) is 0.261. The number of hydrogen-bond acceptors (Lipinski definition) is 4. The minimum atomic E-state index is 0.0240. The summed E-state index contributed by atoms with van der Waals surface area (Å²) in [6.45, 7) is 11.0. The number of aromatic nitrogens is 3. The highest BCUT2D eigenvalue weighted by Gasteiger charge is 2.17. The van der Waals surface area contributed by atoms with Gasteiger partial charge in [0.15, 0.2) is 16.8 Å². The number of benzene rings is 2. The van der Waals surface area contributed by atoms with Gasteiger partial charge >= 0.3 is 0 Å². The Balaban J connectivity index is 1.80. The van der Waals surface area contributed by atoms with Crippen LogP contribution in [-0.4, -0.2) is 26.3 Å². The van der Waals surface area contributed by atoms with Crippen molar-refractivity contribution in [3.63, 3.8) is 0 Å². The number of rotatable bonds is 7. The molecule has 0 atom stereocenters. The lowest BCUT2D eigenvalue weighted by molar-refractivity contribution is 0.102. The number of thioether (sulfide) groups is 1. The maximum absolute atomic E-state index is 12.5. The highest BCUT2D eigenvalue weighted by Crippen LogP contribution is 2.28. The van der Waals surface area contributed by atoms with Gasteiger partial charge in [-0.2, -0.15) is 0 Å². The quantitative estimate of drug-likeness (QED) is 0.262. The van der Waals surface area contributed by atoms with Gasteiger partial charge in [0.2, 0.25) is 0 Å². The zero-order chi connectivity index (χ0) is 21.0. The van der Waals surface area contributed by atoms with Crippen molar-refractivity contribution in [2.75, 3.05) is 5.75 Å². The van der Waals surface area contributed by atoms with E-state index in [0.717, 1.165) is 11.4 Å². The Morgan fingerprint density at radius 3 is 2.34 bits per heavy atom. The van der Waals surface area contributed by atoms with E-state index in [9.17, 15) is 4.79 Å². The molecular weight excluding hydrogens is 402 g/mol. The second-order valence-corrected chi connectivity index (χ2v) is 9.13. The maximum atomic E-state index is 12.5. The Morgan fingerprint density at radius 1 is 1.10 bits per heavy atom. The minimum Gasteiger partial charge on any atom is -0.298 e.